The van der Waals surface area contributed by atoms with Gasteiger partial charge in [0.05, 0.1) is 11.5 Å². The summed E-state index contributed by atoms with van der Waals surface area (Å²) in [7, 11) is 2.14. The van der Waals surface area contributed by atoms with Crippen LogP contribution in [0.5, 0.6) is 0 Å². The van der Waals surface area contributed by atoms with Crippen molar-refractivity contribution in [1.29, 1.82) is 0 Å². The molecule has 0 bridgehead atoms. The zero-order valence-corrected chi connectivity index (χ0v) is 12.0. The molecular weight excluding hydrogens is 258 g/mol. The number of hydrogen-bond donors (Lipinski definition) is 0. The summed E-state index contributed by atoms with van der Waals surface area (Å²) < 4.78 is 0. The molecule has 1 fully saturated rings. The molecule has 1 unspecified atom stereocenters. The van der Waals surface area contributed by atoms with Crippen LogP contribution in [0, 0.1) is 5.92 Å². The minimum atomic E-state index is 0.644. The van der Waals surface area contributed by atoms with E-state index in [2.05, 4.69) is 35.9 Å². The first kappa shape index (κ1) is 12.6. The fourth-order valence-electron chi connectivity index (χ4n) is 2.70. The molecule has 0 spiro atoms. The lowest BCUT2D eigenvalue weighted by molar-refractivity contribution is 0.112. The van der Waals surface area contributed by atoms with E-state index in [0.29, 0.717) is 5.92 Å². The van der Waals surface area contributed by atoms with Crippen LogP contribution in [0.2, 0.25) is 0 Å². The molecule has 0 radical (unpaired) electrons. The van der Waals surface area contributed by atoms with Crippen molar-refractivity contribution in [1.82, 2.24) is 9.88 Å². The molecule has 2 aromatic rings. The van der Waals surface area contributed by atoms with Gasteiger partial charge in [0, 0.05) is 18.5 Å². The lowest BCUT2D eigenvalue weighted by Gasteiger charge is -2.37. The van der Waals surface area contributed by atoms with E-state index in [1.807, 2.05) is 6.07 Å². The zero-order valence-electron chi connectivity index (χ0n) is 11.2. The molecule has 4 nitrogen and oxygen atoms in total. The minimum Gasteiger partial charge on any atom is -0.343 e. The fraction of sp³-hybridized carbons (Fsp3) is 0.429. The number of aldehydes is 1. The van der Waals surface area contributed by atoms with Crippen molar-refractivity contribution in [3.8, 4) is 0 Å². The molecule has 0 saturated carbocycles. The summed E-state index contributed by atoms with van der Waals surface area (Å²) in [6.07, 6.45) is 0.892. The second-order valence-electron chi connectivity index (χ2n) is 5.34. The Hall–Kier alpha value is -1.46. The first-order valence-electron chi connectivity index (χ1n) is 6.45. The Bertz CT molecular complexity index is 600. The van der Waals surface area contributed by atoms with Crippen LogP contribution in [0.3, 0.4) is 0 Å². The highest BCUT2D eigenvalue weighted by molar-refractivity contribution is 7.20. The van der Waals surface area contributed by atoms with Gasteiger partial charge in [0.25, 0.3) is 0 Å². The highest BCUT2D eigenvalue weighted by atomic mass is 32.1. The van der Waals surface area contributed by atoms with Crippen molar-refractivity contribution in [2.24, 2.45) is 5.92 Å². The standard InChI is InChI=1S/C14H17N3OS/c1-10-6-16(2)9-17(7-10)13-4-3-11-5-12(8-18)19-14(11)15-13/h3-5,8,10H,6-7,9H2,1-2H3. The Morgan fingerprint density at radius 2 is 2.26 bits per heavy atom. The highest BCUT2D eigenvalue weighted by Gasteiger charge is 2.21. The Kier molecular flexibility index (Phi) is 3.24. The van der Waals surface area contributed by atoms with Crippen molar-refractivity contribution < 1.29 is 4.79 Å². The van der Waals surface area contributed by atoms with Gasteiger partial charge in [0.1, 0.15) is 10.6 Å². The van der Waals surface area contributed by atoms with Gasteiger partial charge in [0.15, 0.2) is 6.29 Å². The van der Waals surface area contributed by atoms with Crippen molar-refractivity contribution in [2.45, 2.75) is 6.92 Å². The molecule has 1 saturated heterocycles. The van der Waals surface area contributed by atoms with Crippen molar-refractivity contribution >= 4 is 33.7 Å². The molecule has 2 aromatic heterocycles. The van der Waals surface area contributed by atoms with Crippen molar-refractivity contribution in [3.63, 3.8) is 0 Å². The smallest absolute Gasteiger partial charge is 0.160 e. The van der Waals surface area contributed by atoms with Crippen LogP contribution in [0.25, 0.3) is 10.2 Å². The monoisotopic (exact) mass is 275 g/mol. The summed E-state index contributed by atoms with van der Waals surface area (Å²) in [6, 6.07) is 6.00. The summed E-state index contributed by atoms with van der Waals surface area (Å²) in [6.45, 7) is 5.34. The quantitative estimate of drug-likeness (QED) is 0.789. The van der Waals surface area contributed by atoms with E-state index in [1.54, 1.807) is 0 Å². The van der Waals surface area contributed by atoms with Gasteiger partial charge in [-0.15, -0.1) is 11.3 Å². The van der Waals surface area contributed by atoms with Gasteiger partial charge in [-0.2, -0.15) is 0 Å². The SMILES string of the molecule is CC1CN(C)CN(c2ccc3cc(C=O)sc3n2)C1. The van der Waals surface area contributed by atoms with Crippen LogP contribution < -0.4 is 4.90 Å². The van der Waals surface area contributed by atoms with Crippen LogP contribution in [0.1, 0.15) is 16.6 Å². The Morgan fingerprint density at radius 3 is 3.00 bits per heavy atom. The number of aromatic nitrogens is 1. The highest BCUT2D eigenvalue weighted by Crippen LogP contribution is 2.26. The number of hydrogen-bond acceptors (Lipinski definition) is 5. The van der Waals surface area contributed by atoms with Crippen molar-refractivity contribution in [2.75, 3.05) is 31.7 Å². The number of anilines is 1. The van der Waals surface area contributed by atoms with Crippen molar-refractivity contribution in [3.05, 3.63) is 23.1 Å². The second-order valence-corrected chi connectivity index (χ2v) is 6.40. The predicted octanol–water partition coefficient (Wildman–Crippen LogP) is 2.45. The minimum absolute atomic E-state index is 0.644. The van der Waals surface area contributed by atoms with Crippen LogP contribution in [0.4, 0.5) is 5.82 Å². The first-order valence-corrected chi connectivity index (χ1v) is 7.26. The maximum Gasteiger partial charge on any atom is 0.160 e. The average Bonchev–Trinajstić information content (AvgIpc) is 2.79. The molecular formula is C14H17N3OS. The van der Waals surface area contributed by atoms with Gasteiger partial charge in [-0.1, -0.05) is 6.92 Å². The predicted molar refractivity (Wildman–Crippen MR) is 79.0 cm³/mol. The third kappa shape index (κ3) is 2.48. The molecule has 1 atom stereocenters. The maximum atomic E-state index is 10.8. The zero-order chi connectivity index (χ0) is 13.4. The van der Waals surface area contributed by atoms with Gasteiger partial charge in [0.2, 0.25) is 0 Å². The molecule has 5 heteroatoms. The lowest BCUT2D eigenvalue weighted by Crippen LogP contribution is -2.47. The van der Waals surface area contributed by atoms with Gasteiger partial charge in [-0.05, 0) is 31.2 Å². The lowest BCUT2D eigenvalue weighted by atomic mass is 10.1. The normalized spacial score (nSPS) is 20.9. The number of carbonyl (C=O) groups is 1. The van der Waals surface area contributed by atoms with E-state index in [-0.39, 0.29) is 0 Å². The van der Waals surface area contributed by atoms with Crippen LogP contribution in [0.15, 0.2) is 18.2 Å². The summed E-state index contributed by atoms with van der Waals surface area (Å²) in [5.41, 5.74) is 0. The van der Waals surface area contributed by atoms with E-state index in [9.17, 15) is 4.79 Å². The Balaban J connectivity index is 1.93. The number of rotatable bonds is 2. The van der Waals surface area contributed by atoms with E-state index < -0.39 is 0 Å². The van der Waals surface area contributed by atoms with E-state index in [1.165, 1.54) is 11.3 Å². The van der Waals surface area contributed by atoms with E-state index in [0.717, 1.165) is 47.0 Å². The first-order chi connectivity index (χ1) is 9.15. The van der Waals surface area contributed by atoms with Gasteiger partial charge in [-0.25, -0.2) is 4.98 Å². The largest absolute Gasteiger partial charge is 0.343 e. The van der Waals surface area contributed by atoms with Gasteiger partial charge < -0.3 is 4.90 Å². The van der Waals surface area contributed by atoms with Gasteiger partial charge in [-0.3, -0.25) is 9.69 Å². The number of pyridine rings is 1. The molecule has 0 aromatic carbocycles. The number of nitrogens with zero attached hydrogens (tertiary/aromatic N) is 3. The van der Waals surface area contributed by atoms with Crippen LogP contribution in [-0.2, 0) is 0 Å². The molecule has 3 heterocycles. The van der Waals surface area contributed by atoms with Crippen LogP contribution >= 0.6 is 11.3 Å². The fourth-order valence-corrected chi connectivity index (χ4v) is 3.54. The second kappa shape index (κ2) is 4.90. The van der Waals surface area contributed by atoms with Gasteiger partial charge >= 0.3 is 0 Å². The molecule has 19 heavy (non-hydrogen) atoms. The van der Waals surface area contributed by atoms with E-state index >= 15 is 0 Å². The molecule has 0 amide bonds. The third-order valence-electron chi connectivity index (χ3n) is 3.39. The molecule has 100 valence electrons. The maximum absolute atomic E-state index is 10.8. The molecule has 1 aliphatic rings. The molecule has 0 aliphatic carbocycles. The molecule has 0 N–H and O–H groups in total. The topological polar surface area (TPSA) is 36.4 Å². The number of fused-ring (bicyclic) bond motifs is 1. The van der Waals surface area contributed by atoms with Crippen LogP contribution in [-0.4, -0.2) is 43.0 Å². The summed E-state index contributed by atoms with van der Waals surface area (Å²) >= 11 is 1.46. The molecule has 1 aliphatic heterocycles. The van der Waals surface area contributed by atoms with E-state index in [4.69, 9.17) is 4.98 Å². The number of carbonyl (C=O) groups excluding carboxylic acids is 1. The summed E-state index contributed by atoms with van der Waals surface area (Å²) in [5, 5.41) is 1.05. The molecule has 3 rings (SSSR count). The summed E-state index contributed by atoms with van der Waals surface area (Å²) in [5.74, 6) is 1.65. The number of thiophene rings is 1. The third-order valence-corrected chi connectivity index (χ3v) is 4.37. The Labute approximate surface area is 116 Å². The average molecular weight is 275 g/mol. The Morgan fingerprint density at radius 1 is 1.42 bits per heavy atom. The summed E-state index contributed by atoms with van der Waals surface area (Å²) in [4.78, 5) is 21.8.